The molecular weight excluding hydrogens is 330 g/mol. The summed E-state index contributed by atoms with van der Waals surface area (Å²) in [5.74, 6) is 0. The molecule has 0 bridgehead atoms. The van der Waals surface area contributed by atoms with Gasteiger partial charge in [-0.15, -0.1) is 0 Å². The maximum atomic E-state index is 3.50. The summed E-state index contributed by atoms with van der Waals surface area (Å²) in [7, 11) is 0. The third-order valence-electron chi connectivity index (χ3n) is 5.78. The van der Waals surface area contributed by atoms with Crippen LogP contribution in [-0.4, -0.2) is 24.1 Å². The molecule has 0 unspecified atom stereocenters. The van der Waals surface area contributed by atoms with E-state index >= 15 is 0 Å². The van der Waals surface area contributed by atoms with E-state index in [2.05, 4.69) is 81.9 Å². The van der Waals surface area contributed by atoms with Crippen molar-refractivity contribution in [3.63, 3.8) is 0 Å². The van der Waals surface area contributed by atoms with Crippen molar-refractivity contribution in [1.82, 2.24) is 10.3 Å². The average molecular weight is 355 g/mol. The minimum atomic E-state index is 0.578. The Bertz CT molecular complexity index is 1060. The molecule has 136 valence electrons. The summed E-state index contributed by atoms with van der Waals surface area (Å²) in [5, 5.41) is 7.41. The van der Waals surface area contributed by atoms with Crippen LogP contribution in [0.25, 0.3) is 21.7 Å². The van der Waals surface area contributed by atoms with Gasteiger partial charge in [0.05, 0.1) is 0 Å². The molecule has 1 saturated heterocycles. The SMILES string of the molecule is c1ccc2cc(CN(c3ccc4[nH]ccc4c3)C3CCNCC3)ccc2c1. The molecule has 0 amide bonds. The first-order chi connectivity index (χ1) is 13.4. The molecule has 1 aromatic heterocycles. The lowest BCUT2D eigenvalue weighted by Crippen LogP contribution is -2.43. The predicted octanol–water partition coefficient (Wildman–Crippen LogP) is 5.08. The van der Waals surface area contributed by atoms with E-state index < -0.39 is 0 Å². The first kappa shape index (κ1) is 16.4. The van der Waals surface area contributed by atoms with Crippen LogP contribution in [0.2, 0.25) is 0 Å². The number of nitrogens with zero attached hydrogens (tertiary/aromatic N) is 1. The first-order valence-electron chi connectivity index (χ1n) is 9.89. The molecule has 1 aliphatic rings. The van der Waals surface area contributed by atoms with Crippen molar-refractivity contribution in [3.05, 3.63) is 78.5 Å². The van der Waals surface area contributed by atoms with Crippen molar-refractivity contribution in [3.8, 4) is 0 Å². The summed E-state index contributed by atoms with van der Waals surface area (Å²) < 4.78 is 0. The third-order valence-corrected chi connectivity index (χ3v) is 5.78. The smallest absolute Gasteiger partial charge is 0.0455 e. The molecule has 0 aliphatic carbocycles. The predicted molar refractivity (Wildman–Crippen MR) is 114 cm³/mol. The van der Waals surface area contributed by atoms with Crippen LogP contribution in [0.4, 0.5) is 5.69 Å². The standard InChI is InChI=1S/C24H25N3/c1-2-4-20-15-18(5-6-19(20)3-1)17-27(22-10-12-25-13-11-22)23-7-8-24-21(16-23)9-14-26-24/h1-9,14-16,22,25-26H,10-13,17H2. The van der Waals surface area contributed by atoms with E-state index in [-0.39, 0.29) is 0 Å². The van der Waals surface area contributed by atoms with Crippen LogP contribution in [-0.2, 0) is 6.54 Å². The van der Waals surface area contributed by atoms with Crippen molar-refractivity contribution < 1.29 is 0 Å². The maximum Gasteiger partial charge on any atom is 0.0455 e. The zero-order valence-electron chi connectivity index (χ0n) is 15.5. The minimum absolute atomic E-state index is 0.578. The highest BCUT2D eigenvalue weighted by Crippen LogP contribution is 2.28. The number of benzene rings is 3. The molecule has 3 heteroatoms. The summed E-state index contributed by atoms with van der Waals surface area (Å²) in [6.45, 7) is 3.15. The highest BCUT2D eigenvalue weighted by Gasteiger charge is 2.22. The Morgan fingerprint density at radius 3 is 2.56 bits per heavy atom. The van der Waals surface area contributed by atoms with Crippen LogP contribution in [0.15, 0.2) is 72.9 Å². The van der Waals surface area contributed by atoms with Gasteiger partial charge in [-0.25, -0.2) is 0 Å². The molecule has 0 spiro atoms. The largest absolute Gasteiger partial charge is 0.364 e. The molecule has 27 heavy (non-hydrogen) atoms. The molecule has 4 aromatic rings. The minimum Gasteiger partial charge on any atom is -0.364 e. The Kier molecular flexibility index (Phi) is 4.30. The second-order valence-corrected chi connectivity index (χ2v) is 7.54. The third kappa shape index (κ3) is 3.31. The quantitative estimate of drug-likeness (QED) is 0.535. The van der Waals surface area contributed by atoms with Crippen molar-refractivity contribution in [2.24, 2.45) is 0 Å². The maximum absolute atomic E-state index is 3.50. The molecule has 1 aliphatic heterocycles. The van der Waals surface area contributed by atoms with Crippen LogP contribution in [0.1, 0.15) is 18.4 Å². The average Bonchev–Trinajstić information content (AvgIpc) is 3.20. The van der Waals surface area contributed by atoms with Gasteiger partial charge in [0.2, 0.25) is 0 Å². The van der Waals surface area contributed by atoms with Gasteiger partial charge in [0.15, 0.2) is 0 Å². The van der Waals surface area contributed by atoms with E-state index in [0.29, 0.717) is 6.04 Å². The Hall–Kier alpha value is -2.78. The Balaban J connectivity index is 1.51. The zero-order chi connectivity index (χ0) is 18.1. The number of rotatable bonds is 4. The molecule has 0 atom stereocenters. The number of aromatic nitrogens is 1. The van der Waals surface area contributed by atoms with E-state index in [9.17, 15) is 0 Å². The molecule has 0 radical (unpaired) electrons. The van der Waals surface area contributed by atoms with Crippen LogP contribution in [0.5, 0.6) is 0 Å². The molecule has 2 N–H and O–H groups in total. The lowest BCUT2D eigenvalue weighted by Gasteiger charge is -2.36. The lowest BCUT2D eigenvalue weighted by molar-refractivity contribution is 0.428. The van der Waals surface area contributed by atoms with Crippen molar-refractivity contribution >= 4 is 27.4 Å². The van der Waals surface area contributed by atoms with Gasteiger partial charge in [0.25, 0.3) is 0 Å². The highest BCUT2D eigenvalue weighted by atomic mass is 15.2. The van der Waals surface area contributed by atoms with E-state index in [0.717, 1.165) is 19.6 Å². The van der Waals surface area contributed by atoms with Crippen LogP contribution in [0, 0.1) is 0 Å². The molecule has 2 heterocycles. The number of nitrogens with one attached hydrogen (secondary N) is 2. The summed E-state index contributed by atoms with van der Waals surface area (Å²) in [6, 6.07) is 25.0. The Morgan fingerprint density at radius 1 is 0.815 bits per heavy atom. The molecule has 3 aromatic carbocycles. The number of hydrogen-bond donors (Lipinski definition) is 2. The van der Waals surface area contributed by atoms with Gasteiger partial charge in [-0.05, 0) is 72.6 Å². The number of piperidine rings is 1. The van der Waals surface area contributed by atoms with Gasteiger partial charge in [0.1, 0.15) is 0 Å². The van der Waals surface area contributed by atoms with Gasteiger partial charge in [-0.2, -0.15) is 0 Å². The number of H-pyrrole nitrogens is 1. The number of hydrogen-bond acceptors (Lipinski definition) is 2. The van der Waals surface area contributed by atoms with Crippen molar-refractivity contribution in [2.45, 2.75) is 25.4 Å². The molecule has 1 fully saturated rings. The molecule has 5 rings (SSSR count). The van der Waals surface area contributed by atoms with Crippen molar-refractivity contribution in [1.29, 1.82) is 0 Å². The lowest BCUT2D eigenvalue weighted by atomic mass is 10.0. The van der Waals surface area contributed by atoms with Gasteiger partial charge in [-0.1, -0.05) is 36.4 Å². The second kappa shape index (κ2) is 7.09. The summed E-state index contributed by atoms with van der Waals surface area (Å²) >= 11 is 0. The molecule has 3 nitrogen and oxygen atoms in total. The Morgan fingerprint density at radius 2 is 1.67 bits per heavy atom. The molecule has 0 saturated carbocycles. The van der Waals surface area contributed by atoms with E-state index in [1.54, 1.807) is 0 Å². The summed E-state index contributed by atoms with van der Waals surface area (Å²) in [5.41, 5.74) is 3.90. The fraction of sp³-hybridized carbons (Fsp3) is 0.250. The fourth-order valence-electron chi connectivity index (χ4n) is 4.30. The van der Waals surface area contributed by atoms with Crippen LogP contribution < -0.4 is 10.2 Å². The topological polar surface area (TPSA) is 31.1 Å². The first-order valence-corrected chi connectivity index (χ1v) is 9.89. The Labute approximate surface area is 160 Å². The van der Waals surface area contributed by atoms with Crippen LogP contribution in [0.3, 0.4) is 0 Å². The van der Waals surface area contributed by atoms with E-state index in [1.807, 2.05) is 6.20 Å². The normalized spacial score (nSPS) is 15.4. The highest BCUT2D eigenvalue weighted by molar-refractivity contribution is 5.84. The second-order valence-electron chi connectivity index (χ2n) is 7.54. The zero-order valence-corrected chi connectivity index (χ0v) is 15.5. The van der Waals surface area contributed by atoms with E-state index in [4.69, 9.17) is 0 Å². The monoisotopic (exact) mass is 355 g/mol. The number of fused-ring (bicyclic) bond motifs is 2. The fourth-order valence-corrected chi connectivity index (χ4v) is 4.30. The van der Waals surface area contributed by atoms with Gasteiger partial charge in [0, 0.05) is 35.4 Å². The van der Waals surface area contributed by atoms with Gasteiger partial charge in [-0.3, -0.25) is 0 Å². The van der Waals surface area contributed by atoms with E-state index in [1.165, 1.54) is 45.8 Å². The number of anilines is 1. The summed E-state index contributed by atoms with van der Waals surface area (Å²) in [4.78, 5) is 5.92. The molecular formula is C24H25N3. The van der Waals surface area contributed by atoms with Gasteiger partial charge < -0.3 is 15.2 Å². The van der Waals surface area contributed by atoms with Crippen molar-refractivity contribution in [2.75, 3.05) is 18.0 Å². The van der Waals surface area contributed by atoms with Crippen LogP contribution >= 0.6 is 0 Å². The number of aromatic amines is 1. The summed E-state index contributed by atoms with van der Waals surface area (Å²) in [6.07, 6.45) is 4.41. The van der Waals surface area contributed by atoms with Gasteiger partial charge >= 0.3 is 0 Å².